The van der Waals surface area contributed by atoms with Crippen LogP contribution in [0.1, 0.15) is 6.42 Å². The maximum atomic E-state index is 12.4. The van der Waals surface area contributed by atoms with E-state index in [0.29, 0.717) is 39.1 Å². The van der Waals surface area contributed by atoms with E-state index in [9.17, 15) is 13.2 Å². The Bertz CT molecular complexity index is 553. The molecule has 0 spiro atoms. The highest BCUT2D eigenvalue weighted by Crippen LogP contribution is 2.16. The van der Waals surface area contributed by atoms with Crippen molar-refractivity contribution in [3.8, 4) is 0 Å². The van der Waals surface area contributed by atoms with Crippen molar-refractivity contribution in [2.24, 2.45) is 5.73 Å². The fraction of sp³-hybridized carbons (Fsp3) is 0.500. The van der Waals surface area contributed by atoms with Gasteiger partial charge in [-0.05, 0) is 12.1 Å². The molecule has 0 aromatic carbocycles. The van der Waals surface area contributed by atoms with Crippen LogP contribution in [0.15, 0.2) is 29.4 Å². The summed E-state index contributed by atoms with van der Waals surface area (Å²) < 4.78 is 26.2. The number of nitrogens with zero attached hydrogens (tertiary/aromatic N) is 3. The number of pyridine rings is 1. The van der Waals surface area contributed by atoms with E-state index in [-0.39, 0.29) is 10.8 Å². The molecule has 7 nitrogen and oxygen atoms in total. The minimum atomic E-state index is -3.46. The van der Waals surface area contributed by atoms with E-state index in [1.165, 1.54) is 10.5 Å². The van der Waals surface area contributed by atoms with Crippen LogP contribution in [0.2, 0.25) is 0 Å². The lowest BCUT2D eigenvalue weighted by molar-refractivity contribution is -0.118. The summed E-state index contributed by atoms with van der Waals surface area (Å²) in [5.74, 6) is -0.338. The number of carbonyl (C=O) groups excluding carboxylic acids is 1. The monoisotopic (exact) mass is 298 g/mol. The molecule has 1 amide bonds. The first-order valence-corrected chi connectivity index (χ1v) is 7.85. The van der Waals surface area contributed by atoms with E-state index in [1.807, 2.05) is 4.90 Å². The van der Waals surface area contributed by atoms with Gasteiger partial charge in [0.1, 0.15) is 4.90 Å². The fourth-order valence-electron chi connectivity index (χ4n) is 2.11. The largest absolute Gasteiger partial charge is 0.370 e. The Morgan fingerprint density at radius 3 is 2.55 bits per heavy atom. The van der Waals surface area contributed by atoms with Gasteiger partial charge in [0.25, 0.3) is 0 Å². The molecule has 0 saturated carbocycles. The molecule has 1 saturated heterocycles. The first-order chi connectivity index (χ1) is 9.50. The molecule has 0 unspecified atom stereocenters. The average Bonchev–Trinajstić information content (AvgIpc) is 2.46. The molecule has 1 aromatic heterocycles. The molecule has 1 aromatic rings. The number of piperazine rings is 1. The summed E-state index contributed by atoms with van der Waals surface area (Å²) in [4.78, 5) is 16.8. The van der Waals surface area contributed by atoms with Crippen LogP contribution in [0.5, 0.6) is 0 Å². The normalized spacial score (nSPS) is 18.0. The van der Waals surface area contributed by atoms with Crippen molar-refractivity contribution in [2.75, 3.05) is 32.7 Å². The predicted octanol–water partition coefficient (Wildman–Crippen LogP) is -0.737. The molecule has 2 rings (SSSR count). The van der Waals surface area contributed by atoms with Gasteiger partial charge in [0, 0.05) is 51.5 Å². The first kappa shape index (κ1) is 14.9. The molecule has 110 valence electrons. The third-order valence-electron chi connectivity index (χ3n) is 3.28. The number of primary amides is 1. The third-order valence-corrected chi connectivity index (χ3v) is 5.16. The molecule has 2 heterocycles. The lowest BCUT2D eigenvalue weighted by Crippen LogP contribution is -2.49. The number of amides is 1. The number of carbonyl (C=O) groups is 1. The van der Waals surface area contributed by atoms with Gasteiger partial charge in [0.2, 0.25) is 15.9 Å². The molecule has 0 radical (unpaired) electrons. The lowest BCUT2D eigenvalue weighted by Gasteiger charge is -2.33. The molecule has 0 atom stereocenters. The van der Waals surface area contributed by atoms with E-state index in [0.717, 1.165) is 0 Å². The van der Waals surface area contributed by atoms with E-state index < -0.39 is 10.0 Å². The number of hydrogen-bond donors (Lipinski definition) is 1. The topological polar surface area (TPSA) is 96.6 Å². The number of nitrogens with two attached hydrogens (primary N) is 1. The Balaban J connectivity index is 1.95. The van der Waals surface area contributed by atoms with Crippen LogP contribution >= 0.6 is 0 Å². The van der Waals surface area contributed by atoms with Gasteiger partial charge in [-0.3, -0.25) is 9.78 Å². The summed E-state index contributed by atoms with van der Waals surface area (Å²) in [6.45, 7) is 2.61. The molecule has 1 fully saturated rings. The van der Waals surface area contributed by atoms with Crippen LogP contribution in [0.25, 0.3) is 0 Å². The maximum Gasteiger partial charge on any atom is 0.244 e. The lowest BCUT2D eigenvalue weighted by atomic mass is 10.3. The first-order valence-electron chi connectivity index (χ1n) is 6.41. The summed E-state index contributed by atoms with van der Waals surface area (Å²) in [6, 6.07) is 3.15. The Morgan fingerprint density at radius 2 is 2.00 bits per heavy atom. The van der Waals surface area contributed by atoms with Crippen molar-refractivity contribution in [1.82, 2.24) is 14.2 Å². The summed E-state index contributed by atoms with van der Waals surface area (Å²) in [6.07, 6.45) is 3.20. The van der Waals surface area contributed by atoms with Gasteiger partial charge in [-0.1, -0.05) is 0 Å². The molecule has 1 aliphatic rings. The quantitative estimate of drug-likeness (QED) is 0.772. The van der Waals surface area contributed by atoms with Crippen molar-refractivity contribution < 1.29 is 13.2 Å². The average molecular weight is 298 g/mol. The highest BCUT2D eigenvalue weighted by atomic mass is 32.2. The highest BCUT2D eigenvalue weighted by molar-refractivity contribution is 7.89. The van der Waals surface area contributed by atoms with Crippen LogP contribution < -0.4 is 5.73 Å². The molecule has 2 N–H and O–H groups in total. The number of hydrogen-bond acceptors (Lipinski definition) is 5. The zero-order valence-corrected chi connectivity index (χ0v) is 11.9. The van der Waals surface area contributed by atoms with E-state index >= 15 is 0 Å². The van der Waals surface area contributed by atoms with E-state index in [4.69, 9.17) is 5.73 Å². The zero-order chi connectivity index (χ0) is 14.6. The van der Waals surface area contributed by atoms with Crippen molar-refractivity contribution in [1.29, 1.82) is 0 Å². The molecule has 0 aliphatic carbocycles. The van der Waals surface area contributed by atoms with Gasteiger partial charge in [0.15, 0.2) is 0 Å². The fourth-order valence-corrected chi connectivity index (χ4v) is 3.50. The summed E-state index contributed by atoms with van der Waals surface area (Å²) in [5.41, 5.74) is 5.10. The number of rotatable bonds is 5. The molecule has 0 bridgehead atoms. The second-order valence-electron chi connectivity index (χ2n) is 4.65. The van der Waals surface area contributed by atoms with Gasteiger partial charge >= 0.3 is 0 Å². The van der Waals surface area contributed by atoms with Crippen molar-refractivity contribution in [3.05, 3.63) is 24.5 Å². The summed E-state index contributed by atoms with van der Waals surface area (Å²) in [7, 11) is -3.46. The van der Waals surface area contributed by atoms with Gasteiger partial charge in [0.05, 0.1) is 0 Å². The smallest absolute Gasteiger partial charge is 0.244 e. The van der Waals surface area contributed by atoms with Crippen LogP contribution in [-0.4, -0.2) is 61.2 Å². The predicted molar refractivity (Wildman–Crippen MR) is 73.2 cm³/mol. The molecule has 1 aliphatic heterocycles. The Labute approximate surface area is 118 Å². The number of sulfonamides is 1. The second kappa shape index (κ2) is 6.29. The van der Waals surface area contributed by atoms with Crippen molar-refractivity contribution >= 4 is 15.9 Å². The zero-order valence-electron chi connectivity index (χ0n) is 11.1. The Kier molecular flexibility index (Phi) is 4.69. The van der Waals surface area contributed by atoms with Crippen LogP contribution in [-0.2, 0) is 14.8 Å². The van der Waals surface area contributed by atoms with E-state index in [1.54, 1.807) is 18.3 Å². The number of aromatic nitrogens is 1. The van der Waals surface area contributed by atoms with Crippen LogP contribution in [0.3, 0.4) is 0 Å². The second-order valence-corrected chi connectivity index (χ2v) is 6.59. The van der Waals surface area contributed by atoms with Crippen LogP contribution in [0.4, 0.5) is 0 Å². The SMILES string of the molecule is NC(=O)CCN1CCN(S(=O)(=O)c2cccnc2)CC1. The minimum Gasteiger partial charge on any atom is -0.370 e. The molecular formula is C12H18N4O3S. The Morgan fingerprint density at radius 1 is 1.30 bits per heavy atom. The van der Waals surface area contributed by atoms with Gasteiger partial charge in [-0.2, -0.15) is 4.31 Å². The van der Waals surface area contributed by atoms with Gasteiger partial charge in [-0.15, -0.1) is 0 Å². The van der Waals surface area contributed by atoms with Gasteiger partial charge < -0.3 is 10.6 Å². The highest BCUT2D eigenvalue weighted by Gasteiger charge is 2.28. The van der Waals surface area contributed by atoms with Crippen LogP contribution in [0, 0.1) is 0 Å². The molecular weight excluding hydrogens is 280 g/mol. The Hall–Kier alpha value is -1.51. The molecule has 20 heavy (non-hydrogen) atoms. The third kappa shape index (κ3) is 3.53. The summed E-state index contributed by atoms with van der Waals surface area (Å²) in [5, 5.41) is 0. The standard InChI is InChI=1S/C12H18N4O3S/c13-12(17)3-5-15-6-8-16(9-7-15)20(18,19)11-2-1-4-14-10-11/h1-2,4,10H,3,5-9H2,(H2,13,17). The van der Waals surface area contributed by atoms with Crippen molar-refractivity contribution in [2.45, 2.75) is 11.3 Å². The van der Waals surface area contributed by atoms with Crippen molar-refractivity contribution in [3.63, 3.8) is 0 Å². The summed E-state index contributed by atoms with van der Waals surface area (Å²) >= 11 is 0. The molecule has 8 heteroatoms. The van der Waals surface area contributed by atoms with E-state index in [2.05, 4.69) is 4.98 Å². The minimum absolute atomic E-state index is 0.214. The van der Waals surface area contributed by atoms with Gasteiger partial charge in [-0.25, -0.2) is 8.42 Å². The maximum absolute atomic E-state index is 12.4.